The standard InChI is InChI=1S/C19H23N4O3PS/c1-3-27(24,4-2)21-16-10-12-18(13-11-16)28(25,26)22-19-14-15-20-23(19)17-8-6-5-7-9-17/h5-15,22H,3-4H2,1-2H3,(H,21,24). The Balaban J connectivity index is 1.81. The van der Waals surface area contributed by atoms with E-state index in [0.717, 1.165) is 5.69 Å². The Hall–Kier alpha value is -2.57. The number of aromatic nitrogens is 2. The largest absolute Gasteiger partial charge is 0.336 e. The van der Waals surface area contributed by atoms with Crippen LogP contribution in [0, 0.1) is 0 Å². The zero-order valence-electron chi connectivity index (χ0n) is 15.7. The Kier molecular flexibility index (Phi) is 5.91. The molecule has 7 nitrogen and oxygen atoms in total. The molecule has 148 valence electrons. The summed E-state index contributed by atoms with van der Waals surface area (Å²) in [6, 6.07) is 17.1. The highest BCUT2D eigenvalue weighted by atomic mass is 32.2. The van der Waals surface area contributed by atoms with Crippen LogP contribution in [0.1, 0.15) is 13.8 Å². The predicted octanol–water partition coefficient (Wildman–Crippen LogP) is 4.40. The fraction of sp³-hybridized carbons (Fsp3) is 0.211. The van der Waals surface area contributed by atoms with Crippen molar-refractivity contribution in [3.05, 3.63) is 66.9 Å². The van der Waals surface area contributed by atoms with Crippen LogP contribution in [0.15, 0.2) is 71.8 Å². The van der Waals surface area contributed by atoms with Gasteiger partial charge in [0.15, 0.2) is 7.29 Å². The lowest BCUT2D eigenvalue weighted by molar-refractivity contribution is 0.579. The third kappa shape index (κ3) is 4.46. The molecule has 1 heterocycles. The number of benzene rings is 2. The highest BCUT2D eigenvalue weighted by molar-refractivity contribution is 7.92. The molecule has 0 aliphatic carbocycles. The average Bonchev–Trinajstić information content (AvgIpc) is 3.16. The molecule has 0 radical (unpaired) electrons. The van der Waals surface area contributed by atoms with Gasteiger partial charge in [-0.2, -0.15) is 5.10 Å². The number of para-hydroxylation sites is 1. The summed E-state index contributed by atoms with van der Waals surface area (Å²) in [6.45, 7) is 3.74. The zero-order chi connectivity index (χ0) is 20.2. The van der Waals surface area contributed by atoms with Gasteiger partial charge in [0.2, 0.25) is 0 Å². The molecule has 28 heavy (non-hydrogen) atoms. The average molecular weight is 418 g/mol. The molecule has 2 N–H and O–H groups in total. The molecule has 9 heteroatoms. The van der Waals surface area contributed by atoms with Gasteiger partial charge in [-0.1, -0.05) is 32.0 Å². The first-order valence-corrected chi connectivity index (χ1v) is 12.5. The zero-order valence-corrected chi connectivity index (χ0v) is 17.5. The van der Waals surface area contributed by atoms with Crippen molar-refractivity contribution in [3.63, 3.8) is 0 Å². The molecule has 0 saturated carbocycles. The van der Waals surface area contributed by atoms with Gasteiger partial charge in [-0.15, -0.1) is 0 Å². The third-order valence-corrected chi connectivity index (χ3v) is 8.48. The number of nitrogens with one attached hydrogen (secondary N) is 2. The van der Waals surface area contributed by atoms with Crippen molar-refractivity contribution < 1.29 is 13.0 Å². The summed E-state index contributed by atoms with van der Waals surface area (Å²) in [4.78, 5) is 0.113. The van der Waals surface area contributed by atoms with E-state index in [1.165, 1.54) is 23.0 Å². The van der Waals surface area contributed by atoms with Crippen molar-refractivity contribution in [2.24, 2.45) is 0 Å². The molecule has 0 atom stereocenters. The Morgan fingerprint density at radius 2 is 1.61 bits per heavy atom. The lowest BCUT2D eigenvalue weighted by Crippen LogP contribution is -2.16. The number of hydrogen-bond donors (Lipinski definition) is 2. The molecule has 3 rings (SSSR count). The first-order chi connectivity index (χ1) is 13.4. The lowest BCUT2D eigenvalue weighted by atomic mass is 10.3. The summed E-state index contributed by atoms with van der Waals surface area (Å²) in [6.07, 6.45) is 2.61. The Morgan fingerprint density at radius 3 is 2.21 bits per heavy atom. The molecule has 0 amide bonds. The summed E-state index contributed by atoms with van der Waals surface area (Å²) >= 11 is 0. The van der Waals surface area contributed by atoms with Crippen LogP contribution >= 0.6 is 7.29 Å². The van der Waals surface area contributed by atoms with Crippen LogP contribution in [0.25, 0.3) is 5.69 Å². The quantitative estimate of drug-likeness (QED) is 0.529. The van der Waals surface area contributed by atoms with Crippen molar-refractivity contribution >= 4 is 28.8 Å². The summed E-state index contributed by atoms with van der Waals surface area (Å²) in [5, 5.41) is 7.22. The normalized spacial score (nSPS) is 11.9. The van der Waals surface area contributed by atoms with Gasteiger partial charge >= 0.3 is 0 Å². The van der Waals surface area contributed by atoms with Gasteiger partial charge in [-0.25, -0.2) is 13.1 Å². The van der Waals surface area contributed by atoms with Crippen LogP contribution in [0.4, 0.5) is 11.5 Å². The van der Waals surface area contributed by atoms with E-state index >= 15 is 0 Å². The van der Waals surface area contributed by atoms with Gasteiger partial charge in [0.05, 0.1) is 16.8 Å². The van der Waals surface area contributed by atoms with Crippen molar-refractivity contribution in [1.82, 2.24) is 9.78 Å². The van der Waals surface area contributed by atoms with E-state index in [9.17, 15) is 13.0 Å². The fourth-order valence-electron chi connectivity index (χ4n) is 2.68. The molecule has 0 spiro atoms. The van der Waals surface area contributed by atoms with E-state index in [-0.39, 0.29) is 4.90 Å². The molecule has 0 fully saturated rings. The maximum atomic E-state index is 12.8. The van der Waals surface area contributed by atoms with Crippen molar-refractivity contribution in [3.8, 4) is 5.69 Å². The van der Waals surface area contributed by atoms with Crippen LogP contribution in [0.5, 0.6) is 0 Å². The molecule has 0 bridgehead atoms. The smallest absolute Gasteiger partial charge is 0.263 e. The first kappa shape index (κ1) is 20.2. The monoisotopic (exact) mass is 418 g/mol. The van der Waals surface area contributed by atoms with Crippen LogP contribution < -0.4 is 9.81 Å². The van der Waals surface area contributed by atoms with Crippen molar-refractivity contribution in [2.75, 3.05) is 22.1 Å². The van der Waals surface area contributed by atoms with E-state index in [2.05, 4.69) is 14.9 Å². The van der Waals surface area contributed by atoms with Gasteiger partial charge in [0.25, 0.3) is 10.0 Å². The van der Waals surface area contributed by atoms with E-state index in [0.29, 0.717) is 23.8 Å². The molecule has 3 aromatic rings. The predicted molar refractivity (Wildman–Crippen MR) is 113 cm³/mol. The molecular weight excluding hydrogens is 395 g/mol. The van der Waals surface area contributed by atoms with Crippen LogP contribution in [0.2, 0.25) is 0 Å². The summed E-state index contributed by atoms with van der Waals surface area (Å²) < 4.78 is 42.2. The molecule has 0 aliphatic heterocycles. The highest BCUT2D eigenvalue weighted by Gasteiger charge is 2.19. The fourth-order valence-corrected chi connectivity index (χ4v) is 5.10. The SMILES string of the molecule is CCP(=O)(CC)Nc1ccc(S(=O)(=O)Nc2ccnn2-c2ccccc2)cc1. The number of sulfonamides is 1. The van der Waals surface area contributed by atoms with Crippen LogP contribution in [-0.4, -0.2) is 30.5 Å². The Labute approximate surface area is 165 Å². The van der Waals surface area contributed by atoms with Crippen molar-refractivity contribution in [1.29, 1.82) is 0 Å². The number of rotatable bonds is 8. The molecule has 1 aromatic heterocycles. The molecule has 0 aliphatic rings. The third-order valence-electron chi connectivity index (χ3n) is 4.40. The van der Waals surface area contributed by atoms with Gasteiger partial charge in [0.1, 0.15) is 5.82 Å². The second kappa shape index (κ2) is 8.20. The van der Waals surface area contributed by atoms with Gasteiger partial charge in [0, 0.05) is 24.1 Å². The minimum Gasteiger partial charge on any atom is -0.336 e. The van der Waals surface area contributed by atoms with Gasteiger partial charge in [-0.3, -0.25) is 4.72 Å². The summed E-state index contributed by atoms with van der Waals surface area (Å²) in [7, 11) is -6.27. The molecule has 2 aromatic carbocycles. The summed E-state index contributed by atoms with van der Waals surface area (Å²) in [5.74, 6) is 0.342. The highest BCUT2D eigenvalue weighted by Crippen LogP contribution is 2.44. The second-order valence-corrected chi connectivity index (χ2v) is 11.2. The minimum absolute atomic E-state index is 0.113. The lowest BCUT2D eigenvalue weighted by Gasteiger charge is -2.17. The summed E-state index contributed by atoms with van der Waals surface area (Å²) in [5.41, 5.74) is 1.39. The number of hydrogen-bond acceptors (Lipinski definition) is 4. The Bertz CT molecular complexity index is 1070. The van der Waals surface area contributed by atoms with E-state index in [1.807, 2.05) is 44.2 Å². The maximum Gasteiger partial charge on any atom is 0.263 e. The van der Waals surface area contributed by atoms with Crippen LogP contribution in [0.3, 0.4) is 0 Å². The molecular formula is C19H23N4O3PS. The molecule has 0 saturated heterocycles. The maximum absolute atomic E-state index is 12.8. The van der Waals surface area contributed by atoms with Gasteiger partial charge < -0.3 is 9.65 Å². The van der Waals surface area contributed by atoms with E-state index in [4.69, 9.17) is 0 Å². The number of nitrogens with zero attached hydrogens (tertiary/aromatic N) is 2. The first-order valence-electron chi connectivity index (χ1n) is 8.95. The molecule has 0 unspecified atom stereocenters. The van der Waals surface area contributed by atoms with E-state index in [1.54, 1.807) is 18.2 Å². The van der Waals surface area contributed by atoms with E-state index < -0.39 is 17.3 Å². The van der Waals surface area contributed by atoms with Crippen LogP contribution in [-0.2, 0) is 14.6 Å². The Morgan fingerprint density at radius 1 is 0.964 bits per heavy atom. The topological polar surface area (TPSA) is 93.1 Å². The second-order valence-electron chi connectivity index (χ2n) is 6.23. The number of anilines is 2. The minimum atomic E-state index is -3.79. The van der Waals surface area contributed by atoms with Crippen molar-refractivity contribution in [2.45, 2.75) is 18.7 Å². The van der Waals surface area contributed by atoms with Gasteiger partial charge in [-0.05, 0) is 36.4 Å².